The number of nitrogens with zero attached hydrogens (tertiary/aromatic N) is 3. The van der Waals surface area contributed by atoms with Gasteiger partial charge in [0.2, 0.25) is 0 Å². The fraction of sp³-hybridized carbons (Fsp3) is 0.0476. The van der Waals surface area contributed by atoms with Gasteiger partial charge in [0.25, 0.3) is 11.5 Å². The second-order valence-corrected chi connectivity index (χ2v) is 7.39. The van der Waals surface area contributed by atoms with E-state index in [4.69, 9.17) is 23.2 Å². The van der Waals surface area contributed by atoms with Gasteiger partial charge in [-0.15, -0.1) is 0 Å². The Hall–Kier alpha value is -3.42. The highest BCUT2D eigenvalue weighted by atomic mass is 35.5. The Labute approximate surface area is 180 Å². The molecule has 0 unspecified atom stereocenters. The smallest absolute Gasteiger partial charge is 0.274 e. The van der Waals surface area contributed by atoms with E-state index in [-0.39, 0.29) is 5.56 Å². The van der Waals surface area contributed by atoms with Gasteiger partial charge >= 0.3 is 0 Å². The van der Waals surface area contributed by atoms with Gasteiger partial charge in [-0.3, -0.25) is 9.59 Å². The van der Waals surface area contributed by atoms with E-state index in [2.05, 4.69) is 20.6 Å². The third kappa shape index (κ3) is 3.98. The molecule has 0 fully saturated rings. The lowest BCUT2D eigenvalue weighted by Crippen LogP contribution is -2.18. The number of para-hydroxylation sites is 1. The normalized spacial score (nSPS) is 11.3. The Kier molecular flexibility index (Phi) is 5.39. The number of nitrogens with one attached hydrogen (secondary N) is 2. The van der Waals surface area contributed by atoms with Crippen molar-refractivity contribution in [2.24, 2.45) is 5.10 Å². The third-order valence-electron chi connectivity index (χ3n) is 4.48. The van der Waals surface area contributed by atoms with Crippen LogP contribution in [0.15, 0.2) is 64.6 Å². The minimum absolute atomic E-state index is 0.255. The van der Waals surface area contributed by atoms with E-state index in [0.717, 1.165) is 5.39 Å². The van der Waals surface area contributed by atoms with E-state index in [1.54, 1.807) is 29.8 Å². The fourth-order valence-corrected chi connectivity index (χ4v) is 3.66. The Morgan fingerprint density at radius 2 is 1.90 bits per heavy atom. The van der Waals surface area contributed by atoms with Crippen molar-refractivity contribution in [1.82, 2.24) is 20.2 Å². The molecule has 1 amide bonds. The summed E-state index contributed by atoms with van der Waals surface area (Å²) >= 11 is 11.9. The number of carbonyl (C=O) groups is 1. The van der Waals surface area contributed by atoms with E-state index in [9.17, 15) is 9.59 Å². The Morgan fingerprint density at radius 1 is 1.17 bits per heavy atom. The summed E-state index contributed by atoms with van der Waals surface area (Å²) in [6.07, 6.45) is 2.88. The summed E-state index contributed by atoms with van der Waals surface area (Å²) in [6.45, 7) is 1.75. The molecule has 0 saturated carbocycles. The maximum atomic E-state index is 12.6. The molecule has 0 saturated heterocycles. The van der Waals surface area contributed by atoms with E-state index in [1.807, 2.05) is 24.3 Å². The van der Waals surface area contributed by atoms with Crippen LogP contribution < -0.4 is 11.0 Å². The molecule has 2 N–H and O–H groups in total. The van der Waals surface area contributed by atoms with E-state index in [0.29, 0.717) is 38.1 Å². The number of pyridine rings is 1. The van der Waals surface area contributed by atoms with Gasteiger partial charge in [-0.1, -0.05) is 41.4 Å². The van der Waals surface area contributed by atoms with Crippen LogP contribution in [-0.2, 0) is 0 Å². The van der Waals surface area contributed by atoms with E-state index < -0.39 is 5.91 Å². The van der Waals surface area contributed by atoms with Crippen LogP contribution in [0.25, 0.3) is 16.6 Å². The summed E-state index contributed by atoms with van der Waals surface area (Å²) in [5.41, 5.74) is 5.04. The molecule has 0 aliphatic heterocycles. The maximum Gasteiger partial charge on any atom is 0.274 e. The predicted molar refractivity (Wildman–Crippen MR) is 118 cm³/mol. The highest BCUT2D eigenvalue weighted by Gasteiger charge is 2.16. The second kappa shape index (κ2) is 8.14. The second-order valence-electron chi connectivity index (χ2n) is 6.52. The van der Waals surface area contributed by atoms with Crippen LogP contribution in [-0.4, -0.2) is 26.9 Å². The van der Waals surface area contributed by atoms with Crippen LogP contribution in [0.5, 0.6) is 0 Å². The first-order valence-corrected chi connectivity index (χ1v) is 9.64. The number of amides is 1. The molecule has 0 atom stereocenters. The lowest BCUT2D eigenvalue weighted by atomic mass is 10.2. The number of halogens is 2. The SMILES string of the molecule is Cc1c(C(=O)N/N=C\c2cc(Cl)cc(Cl)c2)cnn1-c1cc(=O)[nH]c2ccccc12. The van der Waals surface area contributed by atoms with E-state index in [1.165, 1.54) is 18.5 Å². The van der Waals surface area contributed by atoms with Crippen molar-refractivity contribution >= 4 is 46.2 Å². The van der Waals surface area contributed by atoms with Crippen molar-refractivity contribution in [1.29, 1.82) is 0 Å². The molecule has 2 heterocycles. The molecule has 4 aromatic rings. The number of aromatic amines is 1. The summed E-state index contributed by atoms with van der Waals surface area (Å²) in [5.74, 6) is -0.433. The van der Waals surface area contributed by atoms with Gasteiger partial charge in [-0.2, -0.15) is 10.2 Å². The molecular formula is C21H15Cl2N5O2. The van der Waals surface area contributed by atoms with Gasteiger partial charge in [-0.25, -0.2) is 10.1 Å². The van der Waals surface area contributed by atoms with Crippen LogP contribution in [0.1, 0.15) is 21.6 Å². The predicted octanol–water partition coefficient (Wildman–Crippen LogP) is 4.09. The molecule has 2 aromatic carbocycles. The standard InChI is InChI=1S/C21H15Cl2N5O2/c1-12-17(21(30)27-24-10-13-6-14(22)8-15(23)7-13)11-25-28(12)19-9-20(29)26-18-5-3-2-4-16(18)19/h2-11H,1H3,(H,26,29)(H,27,30)/b24-10-. The number of benzene rings is 2. The number of hydrogen-bond acceptors (Lipinski definition) is 4. The monoisotopic (exact) mass is 439 g/mol. The molecule has 0 aliphatic carbocycles. The van der Waals surface area contributed by atoms with Crippen LogP contribution in [0.2, 0.25) is 10.0 Å². The van der Waals surface area contributed by atoms with Crippen LogP contribution in [0.3, 0.4) is 0 Å². The topological polar surface area (TPSA) is 92.1 Å². The highest BCUT2D eigenvalue weighted by Crippen LogP contribution is 2.21. The Balaban J connectivity index is 1.61. The lowest BCUT2D eigenvalue weighted by Gasteiger charge is -2.08. The first-order valence-electron chi connectivity index (χ1n) is 8.89. The number of rotatable bonds is 4. The van der Waals surface area contributed by atoms with Gasteiger partial charge < -0.3 is 4.98 Å². The Bertz CT molecular complexity index is 1340. The summed E-state index contributed by atoms with van der Waals surface area (Å²) in [7, 11) is 0. The van der Waals surface area contributed by atoms with Gasteiger partial charge in [0.1, 0.15) is 0 Å². The summed E-state index contributed by atoms with van der Waals surface area (Å²) in [5, 5.41) is 10.0. The first-order chi connectivity index (χ1) is 14.4. The molecule has 0 radical (unpaired) electrons. The van der Waals surface area contributed by atoms with Crippen molar-refractivity contribution in [3.05, 3.63) is 91.9 Å². The van der Waals surface area contributed by atoms with Crippen molar-refractivity contribution in [2.45, 2.75) is 6.92 Å². The summed E-state index contributed by atoms with van der Waals surface area (Å²) < 4.78 is 1.56. The minimum Gasteiger partial charge on any atom is -0.322 e. The van der Waals surface area contributed by atoms with Gasteiger partial charge in [-0.05, 0) is 36.8 Å². The van der Waals surface area contributed by atoms with Gasteiger partial charge in [0.05, 0.1) is 34.9 Å². The zero-order valence-corrected chi connectivity index (χ0v) is 17.2. The van der Waals surface area contributed by atoms with Crippen molar-refractivity contribution < 1.29 is 4.79 Å². The molecular weight excluding hydrogens is 425 g/mol. The number of fused-ring (bicyclic) bond motifs is 1. The average molecular weight is 440 g/mol. The lowest BCUT2D eigenvalue weighted by molar-refractivity contribution is 0.0954. The van der Waals surface area contributed by atoms with Gasteiger partial charge in [0.15, 0.2) is 0 Å². The van der Waals surface area contributed by atoms with Crippen molar-refractivity contribution in [3.63, 3.8) is 0 Å². The third-order valence-corrected chi connectivity index (χ3v) is 4.91. The number of aromatic nitrogens is 3. The van der Waals surface area contributed by atoms with Crippen molar-refractivity contribution in [3.8, 4) is 5.69 Å². The fourth-order valence-electron chi connectivity index (χ4n) is 3.11. The summed E-state index contributed by atoms with van der Waals surface area (Å²) in [6, 6.07) is 13.8. The molecule has 4 rings (SSSR count). The van der Waals surface area contributed by atoms with E-state index >= 15 is 0 Å². The largest absolute Gasteiger partial charge is 0.322 e. The molecule has 0 bridgehead atoms. The van der Waals surface area contributed by atoms with Crippen LogP contribution >= 0.6 is 23.2 Å². The number of hydrazone groups is 1. The van der Waals surface area contributed by atoms with Gasteiger partial charge in [0, 0.05) is 21.5 Å². The molecule has 0 spiro atoms. The number of hydrogen-bond donors (Lipinski definition) is 2. The molecule has 30 heavy (non-hydrogen) atoms. The summed E-state index contributed by atoms with van der Waals surface area (Å²) in [4.78, 5) is 27.4. The number of H-pyrrole nitrogens is 1. The highest BCUT2D eigenvalue weighted by molar-refractivity contribution is 6.35. The van der Waals surface area contributed by atoms with Crippen molar-refractivity contribution in [2.75, 3.05) is 0 Å². The Morgan fingerprint density at radius 3 is 2.67 bits per heavy atom. The zero-order valence-electron chi connectivity index (χ0n) is 15.7. The molecule has 150 valence electrons. The molecule has 2 aromatic heterocycles. The van der Waals surface area contributed by atoms with Crippen LogP contribution in [0.4, 0.5) is 0 Å². The molecule has 7 nitrogen and oxygen atoms in total. The maximum absolute atomic E-state index is 12.6. The first kappa shape index (κ1) is 19.9. The quantitative estimate of drug-likeness (QED) is 0.370. The average Bonchev–Trinajstić information content (AvgIpc) is 3.07. The minimum atomic E-state index is -0.433. The van der Waals surface area contributed by atoms with Crippen LogP contribution in [0, 0.1) is 6.92 Å². The number of carbonyl (C=O) groups excluding carboxylic acids is 1. The molecule has 0 aliphatic rings. The zero-order chi connectivity index (χ0) is 21.3. The molecule has 9 heteroatoms.